The van der Waals surface area contributed by atoms with Gasteiger partial charge in [0.25, 0.3) is 0 Å². The molecule has 0 amide bonds. The highest BCUT2D eigenvalue weighted by Crippen LogP contribution is 2.16. The minimum Gasteiger partial charge on any atom is -0.461 e. The Kier molecular flexibility index (Phi) is 6.36. The zero-order chi connectivity index (χ0) is 19.9. The predicted molar refractivity (Wildman–Crippen MR) is 102 cm³/mol. The number of hydrogen-bond donors (Lipinski definition) is 3. The van der Waals surface area contributed by atoms with Gasteiger partial charge in [0.2, 0.25) is 5.82 Å². The van der Waals surface area contributed by atoms with Crippen LogP contribution >= 0.6 is 0 Å². The first-order valence-electron chi connectivity index (χ1n) is 9.01. The number of nitrogens with one attached hydrogen (secondary N) is 3. The highest BCUT2D eigenvalue weighted by molar-refractivity contribution is 5.80. The lowest BCUT2D eigenvalue weighted by atomic mass is 10.1. The molecule has 28 heavy (non-hydrogen) atoms. The second kappa shape index (κ2) is 9.12. The summed E-state index contributed by atoms with van der Waals surface area (Å²) in [6, 6.07) is 7.17. The van der Waals surface area contributed by atoms with Crippen LogP contribution in [0.2, 0.25) is 0 Å². The van der Waals surface area contributed by atoms with Gasteiger partial charge in [-0.1, -0.05) is 6.07 Å². The van der Waals surface area contributed by atoms with Crippen molar-refractivity contribution in [2.75, 3.05) is 13.1 Å². The molecule has 3 N–H and O–H groups in total. The number of aliphatic imine (C=N–C) groups is 1. The molecule has 2 heterocycles. The van der Waals surface area contributed by atoms with E-state index >= 15 is 0 Å². The van der Waals surface area contributed by atoms with E-state index in [0.717, 1.165) is 6.07 Å². The Balaban J connectivity index is 1.60. The largest absolute Gasteiger partial charge is 0.461 e. The van der Waals surface area contributed by atoms with Crippen molar-refractivity contribution in [3.05, 3.63) is 59.6 Å². The molecule has 0 radical (unpaired) electrons. The SMILES string of the molecule is CCNC(=NCCc1nc(-c2ccco2)n[nH]1)NC(C)c1ccc(F)c(F)c1. The number of aromatic nitrogens is 3. The van der Waals surface area contributed by atoms with Crippen molar-refractivity contribution >= 4 is 5.96 Å². The van der Waals surface area contributed by atoms with Crippen molar-refractivity contribution in [2.45, 2.75) is 26.3 Å². The van der Waals surface area contributed by atoms with E-state index in [1.54, 1.807) is 24.5 Å². The monoisotopic (exact) mass is 388 g/mol. The van der Waals surface area contributed by atoms with Gasteiger partial charge in [-0.25, -0.2) is 13.8 Å². The Morgan fingerprint density at radius 3 is 2.86 bits per heavy atom. The molecule has 3 rings (SSSR count). The van der Waals surface area contributed by atoms with E-state index in [2.05, 4.69) is 30.8 Å². The second-order valence-corrected chi connectivity index (χ2v) is 6.13. The molecule has 1 aromatic carbocycles. The second-order valence-electron chi connectivity index (χ2n) is 6.13. The molecule has 0 bridgehead atoms. The third kappa shape index (κ3) is 4.93. The number of guanidine groups is 1. The van der Waals surface area contributed by atoms with Gasteiger partial charge in [0.05, 0.1) is 12.3 Å². The first-order chi connectivity index (χ1) is 13.6. The van der Waals surface area contributed by atoms with Crippen LogP contribution in [0.15, 0.2) is 46.0 Å². The lowest BCUT2D eigenvalue weighted by Crippen LogP contribution is -2.39. The number of benzene rings is 1. The molecular formula is C19H22F2N6O. The molecule has 0 saturated carbocycles. The lowest BCUT2D eigenvalue weighted by molar-refractivity contribution is 0.504. The molecule has 148 valence electrons. The summed E-state index contributed by atoms with van der Waals surface area (Å²) >= 11 is 0. The van der Waals surface area contributed by atoms with E-state index in [1.807, 2.05) is 13.8 Å². The first-order valence-corrected chi connectivity index (χ1v) is 9.01. The number of furan rings is 1. The smallest absolute Gasteiger partial charge is 0.216 e. The highest BCUT2D eigenvalue weighted by atomic mass is 19.2. The van der Waals surface area contributed by atoms with E-state index in [0.29, 0.717) is 48.4 Å². The summed E-state index contributed by atoms with van der Waals surface area (Å²) in [7, 11) is 0. The normalized spacial score (nSPS) is 12.8. The molecule has 0 spiro atoms. The van der Waals surface area contributed by atoms with Crippen molar-refractivity contribution < 1.29 is 13.2 Å². The van der Waals surface area contributed by atoms with Crippen LogP contribution in [0.1, 0.15) is 31.3 Å². The van der Waals surface area contributed by atoms with Crippen LogP contribution in [0, 0.1) is 11.6 Å². The van der Waals surface area contributed by atoms with Crippen LogP contribution in [0.25, 0.3) is 11.6 Å². The summed E-state index contributed by atoms with van der Waals surface area (Å²) in [5.74, 6) is 0.635. The fraction of sp³-hybridized carbons (Fsp3) is 0.316. The molecule has 0 saturated heterocycles. The summed E-state index contributed by atoms with van der Waals surface area (Å²) in [5, 5.41) is 13.3. The third-order valence-corrected chi connectivity index (χ3v) is 4.03. The van der Waals surface area contributed by atoms with Gasteiger partial charge in [-0.15, -0.1) is 0 Å². The highest BCUT2D eigenvalue weighted by Gasteiger charge is 2.11. The summed E-state index contributed by atoms with van der Waals surface area (Å²) in [6.45, 7) is 4.94. The van der Waals surface area contributed by atoms with Gasteiger partial charge in [0.15, 0.2) is 23.4 Å². The van der Waals surface area contributed by atoms with E-state index in [1.165, 1.54) is 6.07 Å². The lowest BCUT2D eigenvalue weighted by Gasteiger charge is -2.18. The van der Waals surface area contributed by atoms with Gasteiger partial charge in [0, 0.05) is 19.5 Å². The molecular weight excluding hydrogens is 366 g/mol. The molecule has 9 heteroatoms. The van der Waals surface area contributed by atoms with Gasteiger partial charge in [0.1, 0.15) is 5.82 Å². The standard InChI is InChI=1S/C19H22F2N6O/c1-3-22-19(24-12(2)13-6-7-14(20)15(21)11-13)23-9-8-17-25-18(27-26-17)16-5-4-10-28-16/h4-7,10-12H,3,8-9H2,1-2H3,(H2,22,23,24)(H,25,26,27). The van der Waals surface area contributed by atoms with E-state index in [4.69, 9.17) is 4.42 Å². The van der Waals surface area contributed by atoms with E-state index in [9.17, 15) is 8.78 Å². The Morgan fingerprint density at radius 2 is 2.14 bits per heavy atom. The van der Waals surface area contributed by atoms with Crippen LogP contribution in [-0.4, -0.2) is 34.2 Å². The quantitative estimate of drug-likeness (QED) is 0.427. The molecule has 0 aliphatic rings. The Morgan fingerprint density at radius 1 is 1.29 bits per heavy atom. The Labute approximate surface area is 161 Å². The maximum absolute atomic E-state index is 13.4. The molecule has 2 aromatic heterocycles. The number of H-pyrrole nitrogens is 1. The molecule has 1 unspecified atom stereocenters. The number of rotatable bonds is 7. The van der Waals surface area contributed by atoms with E-state index in [-0.39, 0.29) is 6.04 Å². The minimum absolute atomic E-state index is 0.247. The summed E-state index contributed by atoms with van der Waals surface area (Å²) in [4.78, 5) is 8.88. The van der Waals surface area contributed by atoms with Crippen LogP contribution in [0.3, 0.4) is 0 Å². The fourth-order valence-corrected chi connectivity index (χ4v) is 2.59. The zero-order valence-corrected chi connectivity index (χ0v) is 15.7. The summed E-state index contributed by atoms with van der Waals surface area (Å²) in [5.41, 5.74) is 0.628. The molecule has 0 aliphatic carbocycles. The van der Waals surface area contributed by atoms with Gasteiger partial charge >= 0.3 is 0 Å². The fourth-order valence-electron chi connectivity index (χ4n) is 2.59. The average Bonchev–Trinajstić information content (AvgIpc) is 3.35. The number of hydrogen-bond acceptors (Lipinski definition) is 4. The molecule has 0 aliphatic heterocycles. The van der Waals surface area contributed by atoms with Gasteiger partial charge < -0.3 is 15.1 Å². The number of aromatic amines is 1. The first kappa shape index (κ1) is 19.5. The molecule has 7 nitrogen and oxygen atoms in total. The number of nitrogens with zero attached hydrogens (tertiary/aromatic N) is 3. The minimum atomic E-state index is -0.870. The van der Waals surface area contributed by atoms with Crippen molar-refractivity contribution in [3.63, 3.8) is 0 Å². The van der Waals surface area contributed by atoms with Gasteiger partial charge in [-0.05, 0) is 43.7 Å². The average molecular weight is 388 g/mol. The zero-order valence-electron chi connectivity index (χ0n) is 15.7. The Hall–Kier alpha value is -3.23. The van der Waals surface area contributed by atoms with Gasteiger partial charge in [-0.2, -0.15) is 5.10 Å². The van der Waals surface area contributed by atoms with Crippen LogP contribution in [0.5, 0.6) is 0 Å². The Bertz CT molecular complexity index is 922. The van der Waals surface area contributed by atoms with Crippen LogP contribution < -0.4 is 10.6 Å². The van der Waals surface area contributed by atoms with Crippen LogP contribution in [0.4, 0.5) is 8.78 Å². The molecule has 0 fully saturated rings. The van der Waals surface area contributed by atoms with Crippen molar-refractivity contribution in [1.29, 1.82) is 0 Å². The van der Waals surface area contributed by atoms with Crippen molar-refractivity contribution in [1.82, 2.24) is 25.8 Å². The van der Waals surface area contributed by atoms with Gasteiger partial charge in [-0.3, -0.25) is 10.1 Å². The maximum Gasteiger partial charge on any atom is 0.216 e. The third-order valence-electron chi connectivity index (χ3n) is 4.03. The number of halogens is 2. The van der Waals surface area contributed by atoms with Crippen molar-refractivity contribution in [3.8, 4) is 11.6 Å². The summed E-state index contributed by atoms with van der Waals surface area (Å²) in [6.07, 6.45) is 2.13. The predicted octanol–water partition coefficient (Wildman–Crippen LogP) is 3.20. The van der Waals surface area contributed by atoms with Crippen LogP contribution in [-0.2, 0) is 6.42 Å². The van der Waals surface area contributed by atoms with Crippen molar-refractivity contribution in [2.24, 2.45) is 4.99 Å². The summed E-state index contributed by atoms with van der Waals surface area (Å²) < 4.78 is 31.8. The molecule has 3 aromatic rings. The maximum atomic E-state index is 13.4. The molecule has 1 atom stereocenters. The van der Waals surface area contributed by atoms with E-state index < -0.39 is 11.6 Å². The topological polar surface area (TPSA) is 91.1 Å².